The Morgan fingerprint density at radius 3 is 2.40 bits per heavy atom. The van der Waals surface area contributed by atoms with Crippen molar-refractivity contribution in [2.45, 2.75) is 39.7 Å². The van der Waals surface area contributed by atoms with Crippen molar-refractivity contribution in [3.63, 3.8) is 0 Å². The number of nitrogens with one attached hydrogen (secondary N) is 1. The van der Waals surface area contributed by atoms with Crippen LogP contribution in [0.2, 0.25) is 0 Å². The molecule has 3 rings (SSSR count). The van der Waals surface area contributed by atoms with Crippen molar-refractivity contribution in [3.8, 4) is 11.5 Å². The molecule has 0 aliphatic carbocycles. The van der Waals surface area contributed by atoms with Crippen LogP contribution in [0.5, 0.6) is 11.5 Å². The molecule has 1 fully saturated rings. The van der Waals surface area contributed by atoms with E-state index in [1.54, 1.807) is 12.1 Å². The smallest absolute Gasteiger partial charge is 0.258 e. The molecule has 0 radical (unpaired) electrons. The summed E-state index contributed by atoms with van der Waals surface area (Å²) in [7, 11) is 0. The molecule has 30 heavy (non-hydrogen) atoms. The van der Waals surface area contributed by atoms with Crippen LogP contribution in [0.15, 0.2) is 42.5 Å². The van der Waals surface area contributed by atoms with E-state index in [-0.39, 0.29) is 24.5 Å². The van der Waals surface area contributed by atoms with Gasteiger partial charge in [-0.25, -0.2) is 0 Å². The van der Waals surface area contributed by atoms with Crippen LogP contribution in [0.4, 0.5) is 0 Å². The summed E-state index contributed by atoms with van der Waals surface area (Å²) in [4.78, 5) is 26.8. The highest BCUT2D eigenvalue weighted by Gasteiger charge is 2.24. The Morgan fingerprint density at radius 1 is 1.03 bits per heavy atom. The quantitative estimate of drug-likeness (QED) is 0.759. The number of likely N-dealkylation sites (tertiary alicyclic amines) is 1. The summed E-state index contributed by atoms with van der Waals surface area (Å²) >= 11 is 0. The molecule has 0 bridgehead atoms. The van der Waals surface area contributed by atoms with Crippen LogP contribution in [0, 0.1) is 13.8 Å². The fraction of sp³-hybridized carbons (Fsp3) is 0.417. The van der Waals surface area contributed by atoms with E-state index < -0.39 is 0 Å². The summed E-state index contributed by atoms with van der Waals surface area (Å²) in [6.45, 7) is 7.77. The van der Waals surface area contributed by atoms with E-state index in [1.165, 1.54) is 0 Å². The largest absolute Gasteiger partial charge is 0.494 e. The van der Waals surface area contributed by atoms with Crippen LogP contribution in [0.1, 0.15) is 41.3 Å². The zero-order chi connectivity index (χ0) is 21.5. The second-order valence-electron chi connectivity index (χ2n) is 7.58. The molecule has 1 aliphatic rings. The van der Waals surface area contributed by atoms with Gasteiger partial charge in [-0.15, -0.1) is 0 Å². The minimum Gasteiger partial charge on any atom is -0.494 e. The molecular weight excluding hydrogens is 380 g/mol. The third kappa shape index (κ3) is 5.53. The van der Waals surface area contributed by atoms with Gasteiger partial charge in [0, 0.05) is 24.7 Å². The van der Waals surface area contributed by atoms with Gasteiger partial charge in [0.2, 0.25) is 0 Å². The molecule has 1 saturated heterocycles. The number of rotatable bonds is 7. The number of hydrogen-bond acceptors (Lipinski definition) is 4. The Kier molecular flexibility index (Phi) is 7.33. The van der Waals surface area contributed by atoms with Crippen molar-refractivity contribution in [3.05, 3.63) is 59.2 Å². The maximum absolute atomic E-state index is 12.7. The van der Waals surface area contributed by atoms with E-state index >= 15 is 0 Å². The summed E-state index contributed by atoms with van der Waals surface area (Å²) in [5, 5.41) is 3.03. The highest BCUT2D eigenvalue weighted by molar-refractivity contribution is 5.94. The summed E-state index contributed by atoms with van der Waals surface area (Å²) in [6.07, 6.45) is 1.47. The normalized spacial score (nSPS) is 14.3. The molecule has 1 aliphatic heterocycles. The van der Waals surface area contributed by atoms with Gasteiger partial charge in [0.1, 0.15) is 11.5 Å². The maximum atomic E-state index is 12.7. The van der Waals surface area contributed by atoms with E-state index in [0.29, 0.717) is 25.3 Å². The molecule has 2 aromatic rings. The predicted molar refractivity (Wildman–Crippen MR) is 116 cm³/mol. The number of carbonyl (C=O) groups excluding carboxylic acids is 2. The molecule has 0 saturated carbocycles. The van der Waals surface area contributed by atoms with Gasteiger partial charge in [0.05, 0.1) is 6.61 Å². The Balaban J connectivity index is 1.44. The molecule has 0 atom stereocenters. The van der Waals surface area contributed by atoms with Gasteiger partial charge in [-0.2, -0.15) is 0 Å². The molecule has 1 heterocycles. The van der Waals surface area contributed by atoms with Gasteiger partial charge >= 0.3 is 0 Å². The van der Waals surface area contributed by atoms with E-state index in [2.05, 4.69) is 5.32 Å². The lowest BCUT2D eigenvalue weighted by Crippen LogP contribution is -2.47. The van der Waals surface area contributed by atoms with Crippen LogP contribution in [-0.2, 0) is 4.79 Å². The first-order valence-corrected chi connectivity index (χ1v) is 10.5. The van der Waals surface area contributed by atoms with Crippen molar-refractivity contribution in [2.24, 2.45) is 0 Å². The zero-order valence-corrected chi connectivity index (χ0v) is 17.9. The molecule has 0 spiro atoms. The van der Waals surface area contributed by atoms with Gasteiger partial charge in [0.25, 0.3) is 11.8 Å². The molecule has 6 nitrogen and oxygen atoms in total. The molecule has 2 amide bonds. The lowest BCUT2D eigenvalue weighted by atomic mass is 10.0. The van der Waals surface area contributed by atoms with Crippen LogP contribution >= 0.6 is 0 Å². The zero-order valence-electron chi connectivity index (χ0n) is 17.9. The fourth-order valence-corrected chi connectivity index (χ4v) is 3.56. The molecule has 160 valence electrons. The molecule has 2 aromatic carbocycles. The lowest BCUT2D eigenvalue weighted by molar-refractivity contribution is -0.124. The topological polar surface area (TPSA) is 67.9 Å². The summed E-state index contributed by atoms with van der Waals surface area (Å²) in [6, 6.07) is 13.1. The van der Waals surface area contributed by atoms with Crippen molar-refractivity contribution < 1.29 is 19.1 Å². The van der Waals surface area contributed by atoms with Crippen molar-refractivity contribution in [1.82, 2.24) is 10.2 Å². The van der Waals surface area contributed by atoms with Gasteiger partial charge in [-0.1, -0.05) is 12.1 Å². The minimum atomic E-state index is -0.132. The second-order valence-corrected chi connectivity index (χ2v) is 7.58. The number of benzene rings is 2. The Hall–Kier alpha value is -3.02. The average molecular weight is 411 g/mol. The SMILES string of the molecule is CCOc1ccc(C(=O)N2CCC(NC(=O)COc3cccc(C)c3C)CC2)cc1. The molecule has 0 aromatic heterocycles. The van der Waals surface area contributed by atoms with E-state index in [4.69, 9.17) is 9.47 Å². The first-order chi connectivity index (χ1) is 14.5. The number of nitrogens with zero attached hydrogens (tertiary/aromatic N) is 1. The fourth-order valence-electron chi connectivity index (χ4n) is 3.56. The molecule has 6 heteroatoms. The Labute approximate surface area is 178 Å². The van der Waals surface area contributed by atoms with Crippen molar-refractivity contribution in [1.29, 1.82) is 0 Å². The lowest BCUT2D eigenvalue weighted by Gasteiger charge is -2.32. The minimum absolute atomic E-state index is 0.00435. The summed E-state index contributed by atoms with van der Waals surface area (Å²) in [5.74, 6) is 1.38. The van der Waals surface area contributed by atoms with E-state index in [9.17, 15) is 9.59 Å². The third-order valence-electron chi connectivity index (χ3n) is 5.47. The highest BCUT2D eigenvalue weighted by Crippen LogP contribution is 2.21. The number of aryl methyl sites for hydroxylation is 1. The number of amides is 2. The van der Waals surface area contributed by atoms with Crippen molar-refractivity contribution >= 4 is 11.8 Å². The first-order valence-electron chi connectivity index (χ1n) is 10.5. The molecule has 1 N–H and O–H groups in total. The number of ether oxygens (including phenoxy) is 2. The van der Waals surface area contributed by atoms with Crippen LogP contribution in [-0.4, -0.2) is 49.1 Å². The van der Waals surface area contributed by atoms with Gasteiger partial charge in [0.15, 0.2) is 6.61 Å². The van der Waals surface area contributed by atoms with Crippen LogP contribution in [0.25, 0.3) is 0 Å². The van der Waals surface area contributed by atoms with E-state index in [0.717, 1.165) is 35.5 Å². The van der Waals surface area contributed by atoms with Gasteiger partial charge in [-0.05, 0) is 75.1 Å². The van der Waals surface area contributed by atoms with Gasteiger partial charge < -0.3 is 19.7 Å². The summed E-state index contributed by atoms with van der Waals surface area (Å²) < 4.78 is 11.1. The van der Waals surface area contributed by atoms with Gasteiger partial charge in [-0.3, -0.25) is 9.59 Å². The van der Waals surface area contributed by atoms with Crippen molar-refractivity contribution in [2.75, 3.05) is 26.3 Å². The molecular formula is C24H30N2O4. The standard InChI is InChI=1S/C24H30N2O4/c1-4-29-21-10-8-19(9-11-21)24(28)26-14-12-20(13-15-26)25-23(27)16-30-22-7-5-6-17(2)18(22)3/h5-11,20H,4,12-16H2,1-3H3,(H,25,27). The maximum Gasteiger partial charge on any atom is 0.258 e. The molecule has 0 unspecified atom stereocenters. The highest BCUT2D eigenvalue weighted by atomic mass is 16.5. The Morgan fingerprint density at radius 2 is 1.73 bits per heavy atom. The number of hydrogen-bond donors (Lipinski definition) is 1. The Bertz CT molecular complexity index is 871. The average Bonchev–Trinajstić information content (AvgIpc) is 2.75. The third-order valence-corrected chi connectivity index (χ3v) is 5.47. The summed E-state index contributed by atoms with van der Waals surface area (Å²) in [5.41, 5.74) is 2.84. The number of carbonyl (C=O) groups is 2. The van der Waals surface area contributed by atoms with E-state index in [1.807, 2.05) is 56.0 Å². The second kappa shape index (κ2) is 10.1. The number of piperidine rings is 1. The predicted octanol–water partition coefficient (Wildman–Crippen LogP) is 3.50. The van der Waals surface area contributed by atoms with Crippen LogP contribution < -0.4 is 14.8 Å². The van der Waals surface area contributed by atoms with Crippen LogP contribution in [0.3, 0.4) is 0 Å². The first kappa shape index (κ1) is 21.7. The monoisotopic (exact) mass is 410 g/mol.